The summed E-state index contributed by atoms with van der Waals surface area (Å²) in [4.78, 5) is 36.3. The largest absolute Gasteiger partial charge is 0.616 e. The number of furan rings is 1. The van der Waals surface area contributed by atoms with Gasteiger partial charge in [0, 0.05) is 52.4 Å². The van der Waals surface area contributed by atoms with Crippen molar-refractivity contribution in [2.45, 2.75) is 6.54 Å². The van der Waals surface area contributed by atoms with Crippen LogP contribution in [0.3, 0.4) is 0 Å². The van der Waals surface area contributed by atoms with Crippen molar-refractivity contribution in [1.29, 1.82) is 0 Å². The number of halogens is 2. The van der Waals surface area contributed by atoms with Gasteiger partial charge in [0.1, 0.15) is 34.4 Å². The number of nitrogens with two attached hydrogens (primary N) is 1. The third kappa shape index (κ3) is 5.21. The van der Waals surface area contributed by atoms with Crippen LogP contribution in [0, 0.1) is 11.6 Å². The first kappa shape index (κ1) is 29.3. The lowest BCUT2D eigenvalue weighted by Gasteiger charge is -2.36. The molecule has 0 unspecified atom stereocenters. The monoisotopic (exact) mass is 639 g/mol. The number of aryl methyl sites for hydroxylation is 1. The lowest BCUT2D eigenvalue weighted by Crippen LogP contribution is -2.48. The van der Waals surface area contributed by atoms with Crippen LogP contribution in [0.4, 0.5) is 20.4 Å². The summed E-state index contributed by atoms with van der Waals surface area (Å²) in [5.74, 6) is -0.769. The Morgan fingerprint density at radius 1 is 1.07 bits per heavy atom. The molecule has 1 amide bonds. The molecule has 2 N–H and O–H groups in total. The number of hydrogen-bond donors (Lipinski definition) is 1. The molecule has 5 aromatic rings. The van der Waals surface area contributed by atoms with Crippen LogP contribution in [0.15, 0.2) is 45.8 Å². The Labute approximate surface area is 258 Å². The van der Waals surface area contributed by atoms with Crippen LogP contribution in [0.25, 0.3) is 28.1 Å². The van der Waals surface area contributed by atoms with Crippen molar-refractivity contribution in [3.05, 3.63) is 64.3 Å². The fourth-order valence-electron chi connectivity index (χ4n) is 6.08. The van der Waals surface area contributed by atoms with Gasteiger partial charge in [-0.05, 0) is 24.3 Å². The first-order valence-electron chi connectivity index (χ1n) is 14.6. The first-order chi connectivity index (χ1) is 21.7. The van der Waals surface area contributed by atoms with Gasteiger partial charge in [-0.1, -0.05) is 11.2 Å². The Morgan fingerprint density at radius 2 is 1.82 bits per heavy atom. The maximum Gasteiger partial charge on any atom is 0.330 e. The molecule has 0 radical (unpaired) electrons. The normalized spacial score (nSPS) is 16.8. The quantitative estimate of drug-likeness (QED) is 0.273. The van der Waals surface area contributed by atoms with Crippen LogP contribution >= 0.6 is 0 Å². The number of aromatic nitrogens is 5. The first-order valence-corrected chi connectivity index (χ1v) is 16.1. The molecule has 6 heterocycles. The summed E-state index contributed by atoms with van der Waals surface area (Å²) in [5.41, 5.74) is 8.24. The molecule has 4 aromatic heterocycles. The van der Waals surface area contributed by atoms with Gasteiger partial charge in [0.05, 0.1) is 36.1 Å². The lowest BCUT2D eigenvalue weighted by atomic mass is 10.1. The van der Waals surface area contributed by atoms with Gasteiger partial charge in [-0.2, -0.15) is 14.6 Å². The van der Waals surface area contributed by atoms with Crippen molar-refractivity contribution in [3.63, 3.8) is 0 Å². The topological polar surface area (TPSA) is 146 Å². The molecule has 0 bridgehead atoms. The van der Waals surface area contributed by atoms with Gasteiger partial charge in [-0.3, -0.25) is 18.8 Å². The summed E-state index contributed by atoms with van der Waals surface area (Å²) in [6, 6.07) is 7.41. The molecule has 2 aliphatic rings. The molecule has 45 heavy (non-hydrogen) atoms. The highest BCUT2D eigenvalue weighted by molar-refractivity contribution is 7.91. The summed E-state index contributed by atoms with van der Waals surface area (Å²) in [7, 11) is 1.68. The number of nitrogen functional groups attached to an aromatic ring is 1. The van der Waals surface area contributed by atoms with Gasteiger partial charge >= 0.3 is 5.69 Å². The molecular formula is C29H31F2N9O4S. The molecule has 0 spiro atoms. The number of imidazole rings is 1. The van der Waals surface area contributed by atoms with Crippen LogP contribution in [0.5, 0.6) is 0 Å². The average molecular weight is 640 g/mol. The van der Waals surface area contributed by atoms with E-state index in [0.717, 1.165) is 6.07 Å². The number of hydrogen-bond acceptors (Lipinski definition) is 9. The predicted molar refractivity (Wildman–Crippen MR) is 165 cm³/mol. The summed E-state index contributed by atoms with van der Waals surface area (Å²) in [6.45, 7) is 3.44. The van der Waals surface area contributed by atoms with Gasteiger partial charge in [0.25, 0.3) is 5.91 Å². The number of piperazine rings is 1. The van der Waals surface area contributed by atoms with E-state index in [1.807, 2.05) is 6.07 Å². The zero-order valence-electron chi connectivity index (χ0n) is 24.5. The molecule has 0 atom stereocenters. The number of benzene rings is 1. The van der Waals surface area contributed by atoms with Crippen molar-refractivity contribution < 1.29 is 22.5 Å². The fraction of sp³-hybridized carbons (Fsp3) is 0.379. The van der Waals surface area contributed by atoms with E-state index >= 15 is 0 Å². The number of nitrogens with zero attached hydrogens (tertiary/aromatic N) is 8. The highest BCUT2D eigenvalue weighted by Crippen LogP contribution is 2.28. The standard InChI is InChI=1S/C29H31F2N9O4S/c1-35-25-23-17-21(24-3-2-12-44-24)34-40(23)28(32)33-26(25)39(29(35)42)9-6-36-4-7-37(8-5-36)22-15-18(19(30)16-20(22)31)27(41)38-10-13-45(43)14-11-38/h2-3,12,15-17H,4-11,13-14H2,1H3,(H2,32,33). The Kier molecular flexibility index (Phi) is 7.49. The summed E-state index contributed by atoms with van der Waals surface area (Å²) in [6.07, 6.45) is 1.55. The maximum atomic E-state index is 14.9. The molecular weight excluding hydrogens is 608 g/mol. The Hall–Kier alpha value is -4.41. The molecule has 0 aliphatic carbocycles. The van der Waals surface area contributed by atoms with E-state index in [9.17, 15) is 22.9 Å². The van der Waals surface area contributed by atoms with Gasteiger partial charge in [-0.25, -0.2) is 13.6 Å². The van der Waals surface area contributed by atoms with E-state index in [0.29, 0.717) is 78.9 Å². The van der Waals surface area contributed by atoms with Crippen LogP contribution < -0.4 is 16.3 Å². The minimum absolute atomic E-state index is 0.137. The second-order valence-corrected chi connectivity index (χ2v) is 12.9. The Morgan fingerprint density at radius 3 is 2.53 bits per heavy atom. The van der Waals surface area contributed by atoms with Crippen molar-refractivity contribution in [2.75, 3.05) is 68.0 Å². The number of rotatable bonds is 6. The molecule has 2 aliphatic heterocycles. The number of amides is 1. The minimum Gasteiger partial charge on any atom is -0.616 e. The zero-order valence-corrected chi connectivity index (χ0v) is 25.3. The SMILES string of the molecule is Cn1c(=O)n(CCN2CCN(c3cc(C(=O)N4CC[S+]([O-])CC4)c(F)cc3F)CC2)c2nc(N)n3nc(-c4ccco4)cc3c21. The van der Waals surface area contributed by atoms with Crippen LogP contribution in [-0.4, -0.2) is 101 Å². The van der Waals surface area contributed by atoms with E-state index in [4.69, 9.17) is 10.2 Å². The van der Waals surface area contributed by atoms with Crippen LogP contribution in [-0.2, 0) is 24.8 Å². The highest BCUT2D eigenvalue weighted by Gasteiger charge is 2.29. The summed E-state index contributed by atoms with van der Waals surface area (Å²) >= 11 is -0.984. The molecule has 7 rings (SSSR count). The number of carbonyl (C=O) groups is 1. The fourth-order valence-corrected chi connectivity index (χ4v) is 7.13. The molecule has 1 aromatic carbocycles. The van der Waals surface area contributed by atoms with Crippen molar-refractivity contribution in [3.8, 4) is 11.5 Å². The third-order valence-electron chi connectivity index (χ3n) is 8.57. The molecule has 2 saturated heterocycles. The maximum absolute atomic E-state index is 14.9. The molecule has 0 saturated carbocycles. The Bertz CT molecular complexity index is 1960. The number of fused-ring (bicyclic) bond motifs is 3. The van der Waals surface area contributed by atoms with Gasteiger partial charge in [0.2, 0.25) is 5.95 Å². The van der Waals surface area contributed by atoms with Crippen LogP contribution in [0.1, 0.15) is 10.4 Å². The molecule has 236 valence electrons. The van der Waals surface area contributed by atoms with Crippen LogP contribution in [0.2, 0.25) is 0 Å². The van der Waals surface area contributed by atoms with E-state index in [2.05, 4.69) is 15.0 Å². The minimum atomic E-state index is -0.984. The summed E-state index contributed by atoms with van der Waals surface area (Å²) in [5, 5.41) is 4.51. The zero-order chi connectivity index (χ0) is 31.4. The second kappa shape index (κ2) is 11.5. The predicted octanol–water partition coefficient (Wildman–Crippen LogP) is 1.53. The number of anilines is 2. The van der Waals surface area contributed by atoms with E-state index in [1.54, 1.807) is 34.9 Å². The lowest BCUT2D eigenvalue weighted by molar-refractivity contribution is 0.0765. The van der Waals surface area contributed by atoms with Gasteiger partial charge in [-0.15, -0.1) is 0 Å². The second-order valence-electron chi connectivity index (χ2n) is 11.2. The smallest absolute Gasteiger partial charge is 0.330 e. The summed E-state index contributed by atoms with van der Waals surface area (Å²) < 4.78 is 51.4. The molecule has 2 fully saturated rings. The number of carbonyl (C=O) groups excluding carboxylic acids is 1. The van der Waals surface area contributed by atoms with E-state index in [-0.39, 0.29) is 36.0 Å². The van der Waals surface area contributed by atoms with Crippen molar-refractivity contribution in [2.24, 2.45) is 7.05 Å². The van der Waals surface area contributed by atoms with Gasteiger partial charge in [0.15, 0.2) is 11.4 Å². The van der Waals surface area contributed by atoms with E-state index in [1.165, 1.54) is 20.0 Å². The highest BCUT2D eigenvalue weighted by atomic mass is 32.2. The molecule has 13 nitrogen and oxygen atoms in total. The molecule has 16 heteroatoms. The van der Waals surface area contributed by atoms with Crippen molar-refractivity contribution >= 4 is 45.4 Å². The van der Waals surface area contributed by atoms with Crippen molar-refractivity contribution in [1.82, 2.24) is 33.5 Å². The van der Waals surface area contributed by atoms with E-state index < -0.39 is 28.7 Å². The third-order valence-corrected chi connectivity index (χ3v) is 9.84. The Balaban J connectivity index is 1.06. The average Bonchev–Trinajstić information content (AvgIpc) is 3.77. The van der Waals surface area contributed by atoms with Gasteiger partial charge < -0.3 is 24.5 Å².